The number of carbonyl (C=O) groups is 3. The Balaban J connectivity index is 2.01. The molecule has 1 aromatic carbocycles. The second kappa shape index (κ2) is 8.85. The number of esters is 2. The average molecular weight is 438 g/mol. The minimum atomic E-state index is -1.04. The van der Waals surface area contributed by atoms with Crippen LogP contribution in [-0.2, 0) is 14.3 Å². The number of halogens is 1. The minimum absolute atomic E-state index is 0.209. The first-order chi connectivity index (χ1) is 12.7. The molecule has 144 valence electrons. The highest BCUT2D eigenvalue weighted by Crippen LogP contribution is 2.21. The third-order valence-electron chi connectivity index (χ3n) is 3.90. The van der Waals surface area contributed by atoms with Gasteiger partial charge in [-0.15, -0.1) is 0 Å². The number of Topliss-reactive ketones (excluding diaryl/α,β-unsaturated/α-hetero) is 1. The number of nitrogens with one attached hydrogen (secondary N) is 1. The zero-order valence-corrected chi connectivity index (χ0v) is 17.0. The standard InChI is InChI=1S/C19H20BrNO6/c1-10-16(19(24)25-4)11(2)21-17(10)18(23)12(3)27-15(22)9-26-14-7-5-6-13(20)8-14/h5-8,12,21H,9H2,1-4H3/t12-/m1/s1. The third kappa shape index (κ3) is 4.97. The molecule has 1 heterocycles. The summed E-state index contributed by atoms with van der Waals surface area (Å²) in [5.74, 6) is -1.15. The highest BCUT2D eigenvalue weighted by atomic mass is 79.9. The molecule has 1 N–H and O–H groups in total. The first-order valence-electron chi connectivity index (χ1n) is 8.14. The SMILES string of the molecule is COC(=O)c1c(C)[nH]c(C(=O)[C@@H](C)OC(=O)COc2cccc(Br)c2)c1C. The van der Waals surface area contributed by atoms with Crippen LogP contribution in [0, 0.1) is 13.8 Å². The van der Waals surface area contributed by atoms with Gasteiger partial charge in [0.25, 0.3) is 0 Å². The zero-order chi connectivity index (χ0) is 20.1. The summed E-state index contributed by atoms with van der Waals surface area (Å²) >= 11 is 3.31. The molecule has 0 saturated carbocycles. The molecule has 1 aromatic heterocycles. The lowest BCUT2D eigenvalue weighted by Gasteiger charge is -2.13. The van der Waals surface area contributed by atoms with E-state index in [0.29, 0.717) is 22.6 Å². The number of aromatic amines is 1. The normalized spacial score (nSPS) is 11.6. The van der Waals surface area contributed by atoms with E-state index >= 15 is 0 Å². The summed E-state index contributed by atoms with van der Waals surface area (Å²) < 4.78 is 16.0. The number of ketones is 1. The molecule has 2 rings (SSSR count). The van der Waals surface area contributed by atoms with Crippen molar-refractivity contribution in [2.24, 2.45) is 0 Å². The molecule has 0 aliphatic heterocycles. The molecule has 1 atom stereocenters. The van der Waals surface area contributed by atoms with Crippen molar-refractivity contribution in [2.75, 3.05) is 13.7 Å². The lowest BCUT2D eigenvalue weighted by Crippen LogP contribution is -2.28. The first-order valence-corrected chi connectivity index (χ1v) is 8.93. The maximum absolute atomic E-state index is 12.6. The molecule has 0 saturated heterocycles. The van der Waals surface area contributed by atoms with E-state index in [2.05, 4.69) is 20.9 Å². The number of ether oxygens (including phenoxy) is 3. The number of hydrogen-bond donors (Lipinski definition) is 1. The highest BCUT2D eigenvalue weighted by molar-refractivity contribution is 9.10. The van der Waals surface area contributed by atoms with Crippen LogP contribution >= 0.6 is 15.9 Å². The van der Waals surface area contributed by atoms with Crippen LogP contribution in [0.25, 0.3) is 0 Å². The largest absolute Gasteiger partial charge is 0.482 e. The van der Waals surface area contributed by atoms with E-state index in [4.69, 9.17) is 14.2 Å². The molecule has 0 spiro atoms. The second-order valence-electron chi connectivity index (χ2n) is 5.86. The topological polar surface area (TPSA) is 94.7 Å². The summed E-state index contributed by atoms with van der Waals surface area (Å²) in [6, 6.07) is 7.01. The molecule has 0 unspecified atom stereocenters. The quantitative estimate of drug-likeness (QED) is 0.526. The Labute approximate surface area is 165 Å². The lowest BCUT2D eigenvalue weighted by molar-refractivity contribution is -0.148. The van der Waals surface area contributed by atoms with Crippen LogP contribution in [0.1, 0.15) is 39.0 Å². The molecule has 7 nitrogen and oxygen atoms in total. The van der Waals surface area contributed by atoms with Gasteiger partial charge in [-0.3, -0.25) is 4.79 Å². The van der Waals surface area contributed by atoms with Crippen LogP contribution in [0.3, 0.4) is 0 Å². The van der Waals surface area contributed by atoms with Crippen LogP contribution in [0.15, 0.2) is 28.7 Å². The Morgan fingerprint density at radius 3 is 2.56 bits per heavy atom. The minimum Gasteiger partial charge on any atom is -0.482 e. The van der Waals surface area contributed by atoms with Gasteiger partial charge < -0.3 is 19.2 Å². The molecule has 0 fully saturated rings. The van der Waals surface area contributed by atoms with E-state index in [-0.39, 0.29) is 12.3 Å². The van der Waals surface area contributed by atoms with Gasteiger partial charge >= 0.3 is 11.9 Å². The summed E-state index contributed by atoms with van der Waals surface area (Å²) in [4.78, 5) is 39.2. The fourth-order valence-electron chi connectivity index (χ4n) is 2.59. The van der Waals surface area contributed by atoms with Crippen molar-refractivity contribution < 1.29 is 28.6 Å². The zero-order valence-electron chi connectivity index (χ0n) is 15.4. The molecule has 8 heteroatoms. The Hall–Kier alpha value is -2.61. The predicted molar refractivity (Wildman–Crippen MR) is 101 cm³/mol. The van der Waals surface area contributed by atoms with Gasteiger partial charge in [-0.25, -0.2) is 9.59 Å². The summed E-state index contributed by atoms with van der Waals surface area (Å²) in [5, 5.41) is 0. The molecule has 2 aromatic rings. The molecular weight excluding hydrogens is 418 g/mol. The van der Waals surface area contributed by atoms with Crippen molar-refractivity contribution in [1.29, 1.82) is 0 Å². The number of aromatic nitrogens is 1. The summed E-state index contributed by atoms with van der Waals surface area (Å²) in [6.07, 6.45) is -1.04. The van der Waals surface area contributed by atoms with Gasteiger partial charge in [0.1, 0.15) is 5.75 Å². The number of benzene rings is 1. The van der Waals surface area contributed by atoms with E-state index in [1.54, 1.807) is 32.0 Å². The first kappa shape index (κ1) is 20.7. The van der Waals surface area contributed by atoms with Crippen molar-refractivity contribution in [3.63, 3.8) is 0 Å². The third-order valence-corrected chi connectivity index (χ3v) is 4.40. The number of aryl methyl sites for hydroxylation is 1. The number of rotatable bonds is 7. The molecular formula is C19H20BrNO6. The van der Waals surface area contributed by atoms with Gasteiger partial charge in [0.05, 0.1) is 18.4 Å². The van der Waals surface area contributed by atoms with Crippen LogP contribution in [0.2, 0.25) is 0 Å². The van der Waals surface area contributed by atoms with Gasteiger partial charge in [0.15, 0.2) is 12.7 Å². The van der Waals surface area contributed by atoms with Gasteiger partial charge in [-0.2, -0.15) is 0 Å². The van der Waals surface area contributed by atoms with Gasteiger partial charge in [0.2, 0.25) is 5.78 Å². The monoisotopic (exact) mass is 437 g/mol. The van der Waals surface area contributed by atoms with E-state index < -0.39 is 23.8 Å². The van der Waals surface area contributed by atoms with Gasteiger partial charge in [0, 0.05) is 10.2 Å². The number of H-pyrrole nitrogens is 1. The van der Waals surface area contributed by atoms with Crippen molar-refractivity contribution in [3.8, 4) is 5.75 Å². The number of methoxy groups -OCH3 is 1. The fraction of sp³-hybridized carbons (Fsp3) is 0.316. The van der Waals surface area contributed by atoms with Gasteiger partial charge in [-0.1, -0.05) is 22.0 Å². The average Bonchev–Trinajstić information content (AvgIpc) is 2.93. The maximum atomic E-state index is 12.6. The Morgan fingerprint density at radius 2 is 1.93 bits per heavy atom. The van der Waals surface area contributed by atoms with Crippen LogP contribution < -0.4 is 4.74 Å². The molecule has 0 aliphatic rings. The van der Waals surface area contributed by atoms with E-state index in [1.807, 2.05) is 6.07 Å². The Morgan fingerprint density at radius 1 is 1.22 bits per heavy atom. The fourth-order valence-corrected chi connectivity index (χ4v) is 2.97. The molecule has 0 aliphatic carbocycles. The second-order valence-corrected chi connectivity index (χ2v) is 6.77. The van der Waals surface area contributed by atoms with Crippen LogP contribution in [-0.4, -0.2) is 42.5 Å². The smallest absolute Gasteiger partial charge is 0.344 e. The van der Waals surface area contributed by atoms with Crippen molar-refractivity contribution in [1.82, 2.24) is 4.98 Å². The lowest BCUT2D eigenvalue weighted by atomic mass is 10.1. The number of hydrogen-bond acceptors (Lipinski definition) is 6. The maximum Gasteiger partial charge on any atom is 0.344 e. The predicted octanol–water partition coefficient (Wildman–Crippen LogP) is 3.37. The van der Waals surface area contributed by atoms with Crippen molar-refractivity contribution in [2.45, 2.75) is 26.9 Å². The van der Waals surface area contributed by atoms with Crippen molar-refractivity contribution in [3.05, 3.63) is 51.3 Å². The van der Waals surface area contributed by atoms with Gasteiger partial charge in [-0.05, 0) is 44.5 Å². The highest BCUT2D eigenvalue weighted by Gasteiger charge is 2.27. The summed E-state index contributed by atoms with van der Waals surface area (Å²) in [7, 11) is 1.27. The van der Waals surface area contributed by atoms with Crippen molar-refractivity contribution >= 4 is 33.7 Å². The molecule has 0 bridgehead atoms. The van der Waals surface area contributed by atoms with Crippen LogP contribution in [0.5, 0.6) is 5.75 Å². The van der Waals surface area contributed by atoms with E-state index in [1.165, 1.54) is 14.0 Å². The van der Waals surface area contributed by atoms with E-state index in [0.717, 1.165) is 4.47 Å². The molecule has 0 amide bonds. The van der Waals surface area contributed by atoms with Crippen LogP contribution in [0.4, 0.5) is 0 Å². The molecule has 27 heavy (non-hydrogen) atoms. The Kier molecular flexibility index (Phi) is 6.79. The Bertz CT molecular complexity index is 873. The summed E-state index contributed by atoms with van der Waals surface area (Å²) in [6.45, 7) is 4.43. The molecule has 0 radical (unpaired) electrons. The summed E-state index contributed by atoms with van der Waals surface area (Å²) in [5.41, 5.74) is 1.48. The number of carbonyl (C=O) groups excluding carboxylic acids is 3. The van der Waals surface area contributed by atoms with E-state index in [9.17, 15) is 14.4 Å².